The number of carbonyl (C=O) groups excluding carboxylic acids is 1. The average molecular weight is 868 g/mol. The number of rotatable bonds is 17. The zero-order valence-corrected chi connectivity index (χ0v) is 33.9. The molecule has 0 N–H and O–H groups in total. The summed E-state index contributed by atoms with van der Waals surface area (Å²) in [6.07, 6.45) is -2.15. The van der Waals surface area contributed by atoms with Crippen molar-refractivity contribution in [3.05, 3.63) is 179 Å². The Hall–Kier alpha value is -3.94. The number of hydrogen-bond donors (Lipinski definition) is 0. The van der Waals surface area contributed by atoms with Crippen LogP contribution in [0.3, 0.4) is 0 Å². The van der Waals surface area contributed by atoms with Gasteiger partial charge >= 0.3 is 5.97 Å². The lowest BCUT2D eigenvalue weighted by molar-refractivity contribution is -0.312. The van der Waals surface area contributed by atoms with E-state index in [0.717, 1.165) is 32.2 Å². The number of benzene rings is 5. The van der Waals surface area contributed by atoms with E-state index >= 15 is 0 Å². The van der Waals surface area contributed by atoms with Gasteiger partial charge in [-0.25, -0.2) is 0 Å². The number of hydrogen-bond acceptors (Lipinski definition) is 8. The number of ether oxygens (including phenoxy) is 6. The summed E-state index contributed by atoms with van der Waals surface area (Å²) < 4.78 is 41.5. The van der Waals surface area contributed by atoms with E-state index in [1.807, 2.05) is 127 Å². The first-order chi connectivity index (χ1) is 27.6. The third-order valence-corrected chi connectivity index (χ3v) is 11.7. The number of carbonyl (C=O) groups is 1. The quantitative estimate of drug-likeness (QED) is 0.0525. The summed E-state index contributed by atoms with van der Waals surface area (Å²) in [6, 6.07) is 49.8. The van der Waals surface area contributed by atoms with Gasteiger partial charge in [0.05, 0.1) is 40.1 Å². The lowest BCUT2D eigenvalue weighted by atomic mass is 9.78. The van der Waals surface area contributed by atoms with Crippen LogP contribution in [0, 0.1) is 0 Å². The van der Waals surface area contributed by atoms with E-state index in [1.54, 1.807) is 0 Å². The fraction of sp³-hybridized carbons (Fsp3) is 0.340. The van der Waals surface area contributed by atoms with Crippen LogP contribution in [0.2, 0.25) is 0 Å². The number of likely N-dealkylation sites (tertiary alicyclic amines) is 1. The molecule has 5 aromatic carbocycles. The fourth-order valence-electron chi connectivity index (χ4n) is 8.07. The highest BCUT2D eigenvalue weighted by atomic mass is 127. The highest BCUT2D eigenvalue weighted by molar-refractivity contribution is 14.1. The maximum absolute atomic E-state index is 14.4. The molecule has 9 heteroatoms. The number of alkyl halides is 1. The summed E-state index contributed by atoms with van der Waals surface area (Å²) in [5, 5.41) is 0. The van der Waals surface area contributed by atoms with E-state index in [4.69, 9.17) is 28.4 Å². The van der Waals surface area contributed by atoms with Crippen LogP contribution in [-0.4, -0.2) is 71.1 Å². The highest BCUT2D eigenvalue weighted by Crippen LogP contribution is 2.49. The molecule has 0 saturated carbocycles. The van der Waals surface area contributed by atoms with Gasteiger partial charge in [-0.05, 0) is 34.2 Å². The van der Waals surface area contributed by atoms with Gasteiger partial charge in [-0.3, -0.25) is 9.69 Å². The maximum atomic E-state index is 14.4. The topological polar surface area (TPSA) is 75.7 Å². The van der Waals surface area contributed by atoms with E-state index in [9.17, 15) is 4.79 Å². The monoisotopic (exact) mass is 867 g/mol. The van der Waals surface area contributed by atoms with Crippen molar-refractivity contribution in [2.75, 3.05) is 18.1 Å². The van der Waals surface area contributed by atoms with Gasteiger partial charge in [-0.15, -0.1) is 0 Å². The molecular weight excluding hydrogens is 817 g/mol. The van der Waals surface area contributed by atoms with E-state index in [2.05, 4.69) is 51.8 Å². The maximum Gasteiger partial charge on any atom is 0.326 e. The largest absolute Gasteiger partial charge is 0.468 e. The molecule has 7 rings (SSSR count). The second-order valence-electron chi connectivity index (χ2n) is 14.4. The minimum Gasteiger partial charge on any atom is -0.468 e. The predicted molar refractivity (Wildman–Crippen MR) is 224 cm³/mol. The Morgan fingerprint density at radius 2 is 1.09 bits per heavy atom. The molecule has 292 valence electrons. The third kappa shape index (κ3) is 9.77. The first-order valence-electron chi connectivity index (χ1n) is 19.3. The Kier molecular flexibility index (Phi) is 14.4. The van der Waals surface area contributed by atoms with Crippen molar-refractivity contribution in [2.24, 2.45) is 0 Å². The molecule has 3 unspecified atom stereocenters. The molecule has 2 fully saturated rings. The Morgan fingerprint density at radius 3 is 1.57 bits per heavy atom. The van der Waals surface area contributed by atoms with Crippen molar-refractivity contribution in [3.63, 3.8) is 0 Å². The van der Waals surface area contributed by atoms with Gasteiger partial charge < -0.3 is 28.4 Å². The molecule has 56 heavy (non-hydrogen) atoms. The second kappa shape index (κ2) is 20.0. The van der Waals surface area contributed by atoms with Crippen LogP contribution in [0.1, 0.15) is 34.2 Å². The number of methoxy groups -OCH3 is 1. The lowest BCUT2D eigenvalue weighted by Gasteiger charge is -2.53. The van der Waals surface area contributed by atoms with Crippen molar-refractivity contribution < 1.29 is 33.2 Å². The van der Waals surface area contributed by atoms with Crippen molar-refractivity contribution in [1.29, 1.82) is 0 Å². The smallest absolute Gasteiger partial charge is 0.326 e. The molecule has 0 amide bonds. The van der Waals surface area contributed by atoms with Crippen molar-refractivity contribution in [1.82, 2.24) is 4.90 Å². The van der Waals surface area contributed by atoms with Gasteiger partial charge in [0.25, 0.3) is 0 Å². The first-order valence-corrected chi connectivity index (χ1v) is 20.8. The summed E-state index contributed by atoms with van der Waals surface area (Å²) in [5.41, 5.74) is 3.98. The Morgan fingerprint density at radius 1 is 0.643 bits per heavy atom. The number of esters is 1. The summed E-state index contributed by atoms with van der Waals surface area (Å²) in [7, 11) is 1.45. The molecule has 5 aromatic rings. The van der Waals surface area contributed by atoms with Gasteiger partial charge in [0.15, 0.2) is 0 Å². The number of halogens is 1. The minimum atomic E-state index is -1.19. The van der Waals surface area contributed by atoms with E-state index in [0.29, 0.717) is 32.8 Å². The van der Waals surface area contributed by atoms with Crippen molar-refractivity contribution in [2.45, 2.75) is 81.5 Å². The fourth-order valence-corrected chi connectivity index (χ4v) is 8.88. The van der Waals surface area contributed by atoms with E-state index < -0.39 is 36.1 Å². The molecule has 2 aliphatic rings. The van der Waals surface area contributed by atoms with Gasteiger partial charge in [-0.1, -0.05) is 174 Å². The lowest BCUT2D eigenvalue weighted by Crippen LogP contribution is -2.71. The van der Waals surface area contributed by atoms with Gasteiger partial charge in [0, 0.05) is 17.0 Å². The Labute approximate surface area is 344 Å². The molecule has 1 spiro atoms. The van der Waals surface area contributed by atoms with Crippen molar-refractivity contribution >= 4 is 28.6 Å². The zero-order chi connectivity index (χ0) is 38.6. The van der Waals surface area contributed by atoms with Crippen LogP contribution in [0.5, 0.6) is 0 Å². The van der Waals surface area contributed by atoms with Crippen LogP contribution in [0.4, 0.5) is 0 Å². The Bertz CT molecular complexity index is 1910. The van der Waals surface area contributed by atoms with Crippen LogP contribution in [0.25, 0.3) is 0 Å². The van der Waals surface area contributed by atoms with E-state index in [-0.39, 0.29) is 25.2 Å². The first kappa shape index (κ1) is 40.3. The zero-order valence-electron chi connectivity index (χ0n) is 31.7. The average Bonchev–Trinajstić information content (AvgIpc) is 3.56. The minimum absolute atomic E-state index is 0.0369. The van der Waals surface area contributed by atoms with Gasteiger partial charge in [0.2, 0.25) is 0 Å². The number of nitrogens with zero attached hydrogens (tertiary/aromatic N) is 1. The van der Waals surface area contributed by atoms with Crippen LogP contribution in [0.15, 0.2) is 152 Å². The second-order valence-corrected chi connectivity index (χ2v) is 15.3. The van der Waals surface area contributed by atoms with Gasteiger partial charge in [0.1, 0.15) is 36.1 Å². The molecular formula is C47H50INO7. The molecule has 0 radical (unpaired) electrons. The Balaban J connectivity index is 1.33. The van der Waals surface area contributed by atoms with Crippen LogP contribution < -0.4 is 0 Å². The molecule has 7 atom stereocenters. The van der Waals surface area contributed by atoms with E-state index in [1.165, 1.54) is 7.11 Å². The molecule has 2 aliphatic heterocycles. The summed E-state index contributed by atoms with van der Waals surface area (Å²) in [6.45, 7) is 2.04. The molecule has 2 saturated heterocycles. The van der Waals surface area contributed by atoms with Crippen LogP contribution >= 0.6 is 22.6 Å². The predicted octanol–water partition coefficient (Wildman–Crippen LogP) is 8.35. The highest BCUT2D eigenvalue weighted by Gasteiger charge is 2.67. The standard InChI is InChI=1S/C47H50INO7/c1-51-46(50)44-47(27-40(28-48)49(44)29-35-17-7-2-8-18-35)45(55-33-39-25-15-6-16-26-39)43(54-32-38-23-13-5-14-24-38)42(53-31-37-21-11-4-12-22-37)41(56-47)34-52-30-36-19-9-3-10-20-36/h2-26,40-45H,27-34H2,1H3/t40?,41?,42-,43+,44+,45?,47-/m0/s1. The normalized spacial score (nSPS) is 25.0. The summed E-state index contributed by atoms with van der Waals surface area (Å²) >= 11 is 2.43. The third-order valence-electron chi connectivity index (χ3n) is 10.7. The van der Waals surface area contributed by atoms with Gasteiger partial charge in [-0.2, -0.15) is 0 Å². The van der Waals surface area contributed by atoms with Crippen molar-refractivity contribution in [3.8, 4) is 0 Å². The molecule has 0 bridgehead atoms. The summed E-state index contributed by atoms with van der Waals surface area (Å²) in [4.78, 5) is 16.7. The molecule has 0 aromatic heterocycles. The summed E-state index contributed by atoms with van der Waals surface area (Å²) in [5.74, 6) is -0.379. The molecule has 8 nitrogen and oxygen atoms in total. The molecule has 2 heterocycles. The SMILES string of the molecule is COC(=O)[C@H]1N(Cc2ccccc2)C(CI)C[C@]12OC(COCc1ccccc1)[C@H](OCc1ccccc1)[C@@H](OCc1ccccc1)C2OCc1ccccc1. The molecule has 0 aliphatic carbocycles. The van der Waals surface area contributed by atoms with Crippen LogP contribution in [-0.2, 0) is 66.2 Å².